The molecule has 2 aromatic carbocycles. The molecule has 7 heteroatoms. The molecule has 3 rings (SSSR count). The van der Waals surface area contributed by atoms with E-state index in [9.17, 15) is 9.59 Å². The summed E-state index contributed by atoms with van der Waals surface area (Å²) in [5.74, 6) is -0.413. The molecule has 0 saturated heterocycles. The molecule has 1 heterocycles. The second-order valence-corrected chi connectivity index (χ2v) is 8.52. The van der Waals surface area contributed by atoms with Crippen molar-refractivity contribution in [2.75, 3.05) is 11.9 Å². The number of rotatable bonds is 6. The Balaban J connectivity index is 1.80. The molecule has 0 aliphatic carbocycles. The van der Waals surface area contributed by atoms with Gasteiger partial charge in [0, 0.05) is 6.54 Å². The quantitative estimate of drug-likeness (QED) is 0.495. The van der Waals surface area contributed by atoms with Gasteiger partial charge in [0.25, 0.3) is 11.8 Å². The van der Waals surface area contributed by atoms with E-state index >= 15 is 0 Å². The Bertz CT molecular complexity index is 1150. The van der Waals surface area contributed by atoms with E-state index in [1.165, 1.54) is 11.3 Å². The number of thiophene rings is 1. The van der Waals surface area contributed by atoms with Gasteiger partial charge in [0.15, 0.2) is 0 Å². The Hall–Kier alpha value is -3.14. The molecule has 0 fully saturated rings. The normalized spacial score (nSPS) is 11.5. The van der Waals surface area contributed by atoms with Crippen LogP contribution >= 0.6 is 22.9 Å². The minimum Gasteiger partial charge on any atom is -0.331 e. The lowest BCUT2D eigenvalue weighted by Crippen LogP contribution is -2.33. The van der Waals surface area contributed by atoms with Crippen LogP contribution in [0, 0.1) is 18.3 Å². The molecule has 31 heavy (non-hydrogen) atoms. The van der Waals surface area contributed by atoms with Gasteiger partial charge in [-0.25, -0.2) is 0 Å². The van der Waals surface area contributed by atoms with Crippen molar-refractivity contribution in [3.63, 3.8) is 0 Å². The van der Waals surface area contributed by atoms with Crippen LogP contribution in [0.25, 0.3) is 0 Å². The molecule has 0 spiro atoms. The monoisotopic (exact) mass is 451 g/mol. The van der Waals surface area contributed by atoms with Crippen molar-refractivity contribution in [1.82, 2.24) is 4.90 Å². The third-order valence-electron chi connectivity index (χ3n) is 5.06. The number of carbonyl (C=O) groups is 2. The maximum atomic E-state index is 13.3. The smallest absolute Gasteiger partial charge is 0.264 e. The molecule has 1 unspecified atom stereocenters. The van der Waals surface area contributed by atoms with Gasteiger partial charge in [-0.3, -0.25) is 9.59 Å². The van der Waals surface area contributed by atoms with E-state index in [0.29, 0.717) is 32.6 Å². The van der Waals surface area contributed by atoms with Crippen molar-refractivity contribution < 1.29 is 9.59 Å². The number of halogens is 1. The van der Waals surface area contributed by atoms with Gasteiger partial charge in [0.1, 0.15) is 0 Å². The summed E-state index contributed by atoms with van der Waals surface area (Å²) in [5.41, 5.74) is 2.72. The number of nitrogens with zero attached hydrogens (tertiary/aromatic N) is 2. The Morgan fingerprint density at radius 3 is 2.48 bits per heavy atom. The molecular formula is C24H22ClN3O2S. The van der Waals surface area contributed by atoms with Crippen molar-refractivity contribution in [1.29, 1.82) is 5.26 Å². The molecule has 0 bridgehead atoms. The lowest BCUT2D eigenvalue weighted by atomic mass is 10.0. The number of benzene rings is 2. The summed E-state index contributed by atoms with van der Waals surface area (Å²) in [4.78, 5) is 28.2. The van der Waals surface area contributed by atoms with Gasteiger partial charge in [-0.05, 0) is 62.2 Å². The van der Waals surface area contributed by atoms with Crippen molar-refractivity contribution >= 4 is 39.8 Å². The van der Waals surface area contributed by atoms with Gasteiger partial charge in [-0.1, -0.05) is 35.9 Å². The zero-order valence-corrected chi connectivity index (χ0v) is 19.1. The van der Waals surface area contributed by atoms with Crippen LogP contribution in [-0.2, 0) is 0 Å². The number of amides is 2. The summed E-state index contributed by atoms with van der Waals surface area (Å²) in [6.07, 6.45) is 0. The summed E-state index contributed by atoms with van der Waals surface area (Å²) in [6.45, 7) is 6.28. The van der Waals surface area contributed by atoms with Gasteiger partial charge in [-0.15, -0.1) is 11.3 Å². The molecule has 2 amide bonds. The minimum atomic E-state index is -0.316. The first-order valence-corrected chi connectivity index (χ1v) is 11.0. The zero-order chi connectivity index (χ0) is 22.5. The summed E-state index contributed by atoms with van der Waals surface area (Å²) in [5, 5.41) is 12.8. The van der Waals surface area contributed by atoms with Crippen LogP contribution in [0.1, 0.15) is 56.6 Å². The van der Waals surface area contributed by atoms with Crippen LogP contribution < -0.4 is 5.32 Å². The van der Waals surface area contributed by atoms with Gasteiger partial charge >= 0.3 is 0 Å². The summed E-state index contributed by atoms with van der Waals surface area (Å²) in [7, 11) is 0. The van der Waals surface area contributed by atoms with Crippen LogP contribution in [0.4, 0.5) is 5.00 Å². The summed E-state index contributed by atoms with van der Waals surface area (Å²) in [6, 6.07) is 17.8. The molecule has 0 radical (unpaired) electrons. The third-order valence-corrected chi connectivity index (χ3v) is 6.53. The summed E-state index contributed by atoms with van der Waals surface area (Å²) < 4.78 is 0. The molecule has 0 aliphatic heterocycles. The fraction of sp³-hybridized carbons (Fsp3) is 0.208. The lowest BCUT2D eigenvalue weighted by Gasteiger charge is -2.28. The summed E-state index contributed by atoms with van der Waals surface area (Å²) >= 11 is 7.36. The molecule has 1 N–H and O–H groups in total. The Morgan fingerprint density at radius 1 is 1.19 bits per heavy atom. The van der Waals surface area contributed by atoms with E-state index in [0.717, 1.165) is 11.1 Å². The van der Waals surface area contributed by atoms with Crippen LogP contribution in [-0.4, -0.2) is 23.3 Å². The van der Waals surface area contributed by atoms with Crippen molar-refractivity contribution in [3.8, 4) is 6.07 Å². The van der Waals surface area contributed by atoms with Crippen LogP contribution in [0.15, 0.2) is 54.6 Å². The maximum Gasteiger partial charge on any atom is 0.264 e. The molecule has 1 atom stereocenters. The average molecular weight is 452 g/mol. The Morgan fingerprint density at radius 2 is 1.87 bits per heavy atom. The van der Waals surface area contributed by atoms with Gasteiger partial charge in [-0.2, -0.15) is 5.26 Å². The second-order valence-electron chi connectivity index (χ2n) is 7.06. The Labute approximate surface area is 190 Å². The second kappa shape index (κ2) is 9.78. The molecule has 158 valence electrons. The predicted octanol–water partition coefficient (Wildman–Crippen LogP) is 6.06. The van der Waals surface area contributed by atoms with Crippen LogP contribution in [0.3, 0.4) is 0 Å². The zero-order valence-electron chi connectivity index (χ0n) is 17.5. The minimum absolute atomic E-state index is 0.0971. The van der Waals surface area contributed by atoms with E-state index in [1.54, 1.807) is 47.4 Å². The number of nitriles is 1. The molecule has 1 aromatic heterocycles. The average Bonchev–Trinajstić information content (AvgIpc) is 3.14. The van der Waals surface area contributed by atoms with Crippen molar-refractivity contribution in [2.24, 2.45) is 0 Å². The van der Waals surface area contributed by atoms with E-state index in [4.69, 9.17) is 16.9 Å². The maximum absolute atomic E-state index is 13.3. The number of carbonyl (C=O) groups excluding carboxylic acids is 2. The molecule has 0 aliphatic rings. The third kappa shape index (κ3) is 4.96. The Kier molecular flexibility index (Phi) is 7.11. The number of aryl methyl sites for hydroxylation is 1. The first-order valence-electron chi connectivity index (χ1n) is 9.83. The molecule has 5 nitrogen and oxygen atoms in total. The fourth-order valence-electron chi connectivity index (χ4n) is 3.32. The van der Waals surface area contributed by atoms with E-state index < -0.39 is 0 Å². The highest BCUT2D eigenvalue weighted by Crippen LogP contribution is 2.31. The SMILES string of the molecule is CCN(C(=O)c1sc(NC(=O)c2ccccc2Cl)cc1C)C(C)c1ccc(C#N)cc1. The van der Waals surface area contributed by atoms with Crippen LogP contribution in [0.5, 0.6) is 0 Å². The van der Waals surface area contributed by atoms with Crippen LogP contribution in [0.2, 0.25) is 5.02 Å². The standard InChI is InChI=1S/C24H22ClN3O2S/c1-4-28(16(3)18-11-9-17(14-26)10-12-18)24(30)22-15(2)13-21(31-22)27-23(29)19-7-5-6-8-20(19)25/h5-13,16H,4H2,1-3H3,(H,27,29). The number of hydrogen-bond acceptors (Lipinski definition) is 4. The van der Waals surface area contributed by atoms with E-state index in [2.05, 4.69) is 11.4 Å². The van der Waals surface area contributed by atoms with E-state index in [1.807, 2.05) is 32.9 Å². The molecular weight excluding hydrogens is 430 g/mol. The first kappa shape index (κ1) is 22.5. The molecule has 3 aromatic rings. The van der Waals surface area contributed by atoms with Crippen molar-refractivity contribution in [3.05, 3.63) is 86.8 Å². The largest absolute Gasteiger partial charge is 0.331 e. The predicted molar refractivity (Wildman–Crippen MR) is 125 cm³/mol. The fourth-order valence-corrected chi connectivity index (χ4v) is 4.57. The number of anilines is 1. The van der Waals surface area contributed by atoms with Gasteiger partial charge in [0.05, 0.1) is 38.1 Å². The number of nitrogens with one attached hydrogen (secondary N) is 1. The highest BCUT2D eigenvalue weighted by molar-refractivity contribution is 7.18. The van der Waals surface area contributed by atoms with Crippen molar-refractivity contribution in [2.45, 2.75) is 26.8 Å². The van der Waals surface area contributed by atoms with Gasteiger partial charge in [0.2, 0.25) is 0 Å². The molecule has 0 saturated carbocycles. The topological polar surface area (TPSA) is 73.2 Å². The first-order chi connectivity index (χ1) is 14.8. The highest BCUT2D eigenvalue weighted by Gasteiger charge is 2.25. The number of hydrogen-bond donors (Lipinski definition) is 1. The lowest BCUT2D eigenvalue weighted by molar-refractivity contribution is 0.0706. The highest BCUT2D eigenvalue weighted by atomic mass is 35.5. The van der Waals surface area contributed by atoms with Gasteiger partial charge < -0.3 is 10.2 Å². The van der Waals surface area contributed by atoms with E-state index in [-0.39, 0.29) is 17.9 Å².